The van der Waals surface area contributed by atoms with Crippen LogP contribution in [-0.4, -0.2) is 9.13 Å². The van der Waals surface area contributed by atoms with Crippen molar-refractivity contribution in [3.8, 4) is 44.5 Å². The highest BCUT2D eigenvalue weighted by molar-refractivity contribution is 6.29. The lowest BCUT2D eigenvalue weighted by molar-refractivity contribution is 0.660. The van der Waals surface area contributed by atoms with Gasteiger partial charge in [0.05, 0.1) is 11.0 Å². The van der Waals surface area contributed by atoms with E-state index in [0.717, 1.165) is 34.1 Å². The molecule has 82 heavy (non-hydrogen) atoms. The molecule has 0 aliphatic heterocycles. The molecule has 0 fully saturated rings. The number of anilines is 6. The van der Waals surface area contributed by atoms with E-state index in [4.69, 9.17) is 0 Å². The maximum atomic E-state index is 2.41. The Morgan fingerprint density at radius 3 is 1.00 bits per heavy atom. The lowest BCUT2D eigenvalue weighted by Crippen LogP contribution is -2.14. The lowest BCUT2D eigenvalue weighted by atomic mass is 9.81. The summed E-state index contributed by atoms with van der Waals surface area (Å²) >= 11 is 0. The minimum absolute atomic E-state index is 0.0507. The topological polar surface area (TPSA) is 16.3 Å². The number of fused-ring (bicyclic) bond motifs is 15. The minimum Gasteiger partial charge on any atom is -0.344 e. The first kappa shape index (κ1) is 48.0. The molecule has 2 aliphatic rings. The van der Waals surface area contributed by atoms with E-state index in [9.17, 15) is 0 Å². The molecule has 0 N–H and O–H groups in total. The zero-order chi connectivity index (χ0) is 55.2. The number of rotatable bonds is 8. The molecular formula is C78H60N4. The highest BCUT2D eigenvalue weighted by Crippen LogP contribution is 2.52. The summed E-state index contributed by atoms with van der Waals surface area (Å²) in [5.74, 6) is 0. The molecule has 2 heterocycles. The smallest absolute Gasteiger partial charge is 0.0509 e. The van der Waals surface area contributed by atoms with Crippen molar-refractivity contribution in [3.05, 3.63) is 277 Å². The zero-order valence-corrected chi connectivity index (χ0v) is 47.0. The predicted octanol–water partition coefficient (Wildman–Crippen LogP) is 21.0. The first-order valence-corrected chi connectivity index (χ1v) is 28.8. The van der Waals surface area contributed by atoms with Crippen molar-refractivity contribution in [3.63, 3.8) is 0 Å². The number of aryl methyl sites for hydroxylation is 2. The molecule has 12 aromatic carbocycles. The molecule has 0 bridgehead atoms. The number of aromatic nitrogens is 2. The van der Waals surface area contributed by atoms with Gasteiger partial charge in [-0.3, -0.25) is 0 Å². The van der Waals surface area contributed by atoms with Gasteiger partial charge in [0, 0.05) is 91.6 Å². The first-order valence-electron chi connectivity index (χ1n) is 28.8. The average molecular weight is 1050 g/mol. The van der Waals surface area contributed by atoms with Gasteiger partial charge in [-0.15, -0.1) is 0 Å². The van der Waals surface area contributed by atoms with Gasteiger partial charge in [-0.1, -0.05) is 185 Å². The van der Waals surface area contributed by atoms with Crippen LogP contribution in [0.15, 0.2) is 255 Å². The summed E-state index contributed by atoms with van der Waals surface area (Å²) in [6.45, 7) is 9.41. The van der Waals surface area contributed by atoms with Crippen LogP contribution < -0.4 is 9.80 Å². The van der Waals surface area contributed by atoms with Crippen LogP contribution >= 0.6 is 0 Å². The van der Waals surface area contributed by atoms with Crippen molar-refractivity contribution in [1.29, 1.82) is 0 Å². The Labute approximate surface area is 479 Å². The quantitative estimate of drug-likeness (QED) is 0.151. The first-order chi connectivity index (χ1) is 40.0. The molecule has 0 spiro atoms. The molecule has 0 amide bonds. The Bertz CT molecular complexity index is 4610. The predicted molar refractivity (Wildman–Crippen MR) is 347 cm³/mol. The fraction of sp³-hybridized carbons (Fsp3) is 0.103. The lowest BCUT2D eigenvalue weighted by Gasteiger charge is -2.26. The van der Waals surface area contributed by atoms with Crippen molar-refractivity contribution in [2.75, 3.05) is 9.80 Å². The molecule has 2 aliphatic carbocycles. The third kappa shape index (κ3) is 7.04. The summed E-state index contributed by atoms with van der Waals surface area (Å²) in [5, 5.41) is 7.57. The van der Waals surface area contributed by atoms with Crippen LogP contribution in [0.1, 0.15) is 49.9 Å². The maximum absolute atomic E-state index is 2.41. The van der Waals surface area contributed by atoms with Gasteiger partial charge in [-0.25, -0.2) is 0 Å². The van der Waals surface area contributed by atoms with Crippen molar-refractivity contribution < 1.29 is 0 Å². The van der Waals surface area contributed by atoms with E-state index in [2.05, 4.69) is 316 Å². The second-order valence-electron chi connectivity index (χ2n) is 23.8. The summed E-state index contributed by atoms with van der Waals surface area (Å²) in [6.07, 6.45) is 0. The number of hydrogen-bond donors (Lipinski definition) is 0. The van der Waals surface area contributed by atoms with Crippen molar-refractivity contribution in [2.45, 2.75) is 38.5 Å². The number of nitrogens with zero attached hydrogens (tertiary/aromatic N) is 4. The fourth-order valence-corrected chi connectivity index (χ4v) is 14.5. The fourth-order valence-electron chi connectivity index (χ4n) is 14.5. The zero-order valence-electron chi connectivity index (χ0n) is 47.0. The highest BCUT2D eigenvalue weighted by Gasteiger charge is 2.37. The van der Waals surface area contributed by atoms with Crippen LogP contribution in [0.3, 0.4) is 0 Å². The molecule has 2 aromatic heterocycles. The van der Waals surface area contributed by atoms with Crippen molar-refractivity contribution in [1.82, 2.24) is 9.13 Å². The summed E-state index contributed by atoms with van der Waals surface area (Å²) in [7, 11) is 4.43. The van der Waals surface area contributed by atoms with E-state index in [0.29, 0.717) is 0 Å². The van der Waals surface area contributed by atoms with Crippen molar-refractivity contribution >= 4 is 88.5 Å². The second kappa shape index (κ2) is 17.8. The van der Waals surface area contributed by atoms with Gasteiger partial charge in [0.25, 0.3) is 0 Å². The standard InChI is InChI=1S/C78H60N4/c1-77(2)67-23-15-13-21-59(67)61-37-29-51(45-69(61)77)49-25-31-55(32-26-49)81(53-17-9-7-10-18-53)57-35-39-65-73(47-57)79(5)71-43-41-64-63(75(65)71)42-44-72-76(64)66-40-36-58(48-74(66)80(72)6)82(54-19-11-8-12-20-54)56-33-27-50(28-34-56)52-30-38-62-60-22-14-16-24-68(60)78(3,4)70(62)46-52/h7-48H,1-6H3. The van der Waals surface area contributed by atoms with Gasteiger partial charge >= 0.3 is 0 Å². The van der Waals surface area contributed by atoms with Gasteiger partial charge in [0.2, 0.25) is 0 Å². The maximum Gasteiger partial charge on any atom is 0.0509 e. The molecule has 0 radical (unpaired) electrons. The SMILES string of the molecule is Cn1c2cc(N(c3ccccc3)c3ccc(-c4ccc5c(c4)C(C)(C)c4ccccc4-5)cc3)ccc2c2c3ccc4c(c3ccc21)c1ccc(N(c2ccccc2)c2ccc(-c3ccc5c(c3)C(C)(C)c3ccccc3-5)cc2)cc1n4C. The molecule has 392 valence electrons. The van der Waals surface area contributed by atoms with Crippen LogP contribution in [0.4, 0.5) is 34.1 Å². The van der Waals surface area contributed by atoms with Gasteiger partial charge in [-0.05, 0) is 175 Å². The van der Waals surface area contributed by atoms with E-state index in [-0.39, 0.29) is 10.8 Å². The van der Waals surface area contributed by atoms with Crippen LogP contribution in [0, 0.1) is 0 Å². The third-order valence-corrected chi connectivity index (χ3v) is 18.7. The summed E-state index contributed by atoms with van der Waals surface area (Å²) in [4.78, 5) is 4.77. The Hall–Kier alpha value is -9.90. The molecule has 0 saturated carbocycles. The highest BCUT2D eigenvalue weighted by atomic mass is 15.1. The minimum atomic E-state index is -0.0507. The molecule has 14 aromatic rings. The Kier molecular flexibility index (Phi) is 10.4. The van der Waals surface area contributed by atoms with E-state index in [1.54, 1.807) is 0 Å². The van der Waals surface area contributed by atoms with Crippen LogP contribution in [0.5, 0.6) is 0 Å². The van der Waals surface area contributed by atoms with Crippen LogP contribution in [0.2, 0.25) is 0 Å². The monoisotopic (exact) mass is 1050 g/mol. The Morgan fingerprint density at radius 2 is 0.585 bits per heavy atom. The van der Waals surface area contributed by atoms with E-state index in [1.807, 2.05) is 0 Å². The number of hydrogen-bond acceptors (Lipinski definition) is 2. The Balaban J connectivity index is 0.754. The second-order valence-corrected chi connectivity index (χ2v) is 23.8. The Morgan fingerprint density at radius 1 is 0.256 bits per heavy atom. The number of benzene rings is 12. The van der Waals surface area contributed by atoms with Crippen LogP contribution in [-0.2, 0) is 24.9 Å². The molecule has 16 rings (SSSR count). The van der Waals surface area contributed by atoms with Crippen molar-refractivity contribution in [2.24, 2.45) is 14.1 Å². The van der Waals surface area contributed by atoms with Gasteiger partial charge in [0.15, 0.2) is 0 Å². The van der Waals surface area contributed by atoms with E-state index < -0.39 is 0 Å². The number of para-hydroxylation sites is 2. The normalized spacial score (nSPS) is 13.7. The largest absolute Gasteiger partial charge is 0.344 e. The van der Waals surface area contributed by atoms with Gasteiger partial charge in [0.1, 0.15) is 0 Å². The van der Waals surface area contributed by atoms with Gasteiger partial charge < -0.3 is 18.9 Å². The molecule has 0 unspecified atom stereocenters. The molecule has 0 saturated heterocycles. The van der Waals surface area contributed by atoms with Crippen LogP contribution in [0.25, 0.3) is 98.9 Å². The molecule has 4 nitrogen and oxygen atoms in total. The van der Waals surface area contributed by atoms with Gasteiger partial charge in [-0.2, -0.15) is 0 Å². The summed E-state index contributed by atoms with van der Waals surface area (Å²) < 4.78 is 4.76. The molecule has 0 atom stereocenters. The average Bonchev–Trinajstić information content (AvgIpc) is 2.63. The molecule has 4 heteroatoms. The summed E-state index contributed by atoms with van der Waals surface area (Å²) in [5.41, 5.74) is 27.3. The molecular weight excluding hydrogens is 993 g/mol. The van der Waals surface area contributed by atoms with E-state index >= 15 is 0 Å². The summed E-state index contributed by atoms with van der Waals surface area (Å²) in [6, 6.07) is 95.0. The third-order valence-electron chi connectivity index (χ3n) is 18.7. The van der Waals surface area contributed by atoms with E-state index in [1.165, 1.54) is 121 Å².